The van der Waals surface area contributed by atoms with E-state index < -0.39 is 10.7 Å². The minimum absolute atomic E-state index is 0.401. The average Bonchev–Trinajstić information content (AvgIpc) is 3.03. The molecule has 0 spiro atoms. The van der Waals surface area contributed by atoms with E-state index >= 15 is 0 Å². The van der Waals surface area contributed by atoms with Crippen LogP contribution in [0.15, 0.2) is 40.9 Å². The first kappa shape index (κ1) is 17.2. The van der Waals surface area contributed by atoms with Gasteiger partial charge in [-0.05, 0) is 49.6 Å². The van der Waals surface area contributed by atoms with Gasteiger partial charge in [0.1, 0.15) is 15.4 Å². The molecular formula is C17H14N4O2S2. The van der Waals surface area contributed by atoms with Gasteiger partial charge < -0.3 is 10.4 Å². The third kappa shape index (κ3) is 3.73. The molecule has 2 heterocycles. The van der Waals surface area contributed by atoms with Gasteiger partial charge in [0, 0.05) is 5.69 Å². The van der Waals surface area contributed by atoms with Crippen molar-refractivity contribution in [2.75, 3.05) is 5.32 Å². The molecule has 0 bridgehead atoms. The highest BCUT2D eigenvalue weighted by Crippen LogP contribution is 2.35. The predicted octanol–water partition coefficient (Wildman–Crippen LogP) is 4.26. The molecular weight excluding hydrogens is 356 g/mol. The quantitative estimate of drug-likeness (QED) is 0.511. The van der Waals surface area contributed by atoms with E-state index in [4.69, 9.17) is 5.26 Å². The van der Waals surface area contributed by atoms with Crippen LogP contribution in [0.25, 0.3) is 10.2 Å². The number of hydrogen-bond donors (Lipinski definition) is 2. The topological polar surface area (TPSA) is 98.9 Å². The maximum absolute atomic E-state index is 11.4. The molecule has 0 aliphatic heterocycles. The van der Waals surface area contributed by atoms with Gasteiger partial charge in [0.15, 0.2) is 5.16 Å². The summed E-state index contributed by atoms with van der Waals surface area (Å²) in [5, 5.41) is 24.6. The van der Waals surface area contributed by atoms with Crippen LogP contribution in [0, 0.1) is 11.3 Å². The first-order chi connectivity index (χ1) is 11.9. The molecule has 0 aliphatic rings. The number of nitrogens with zero attached hydrogens (tertiary/aromatic N) is 3. The molecule has 0 amide bonds. The summed E-state index contributed by atoms with van der Waals surface area (Å²) in [5.74, 6) is -0.311. The monoisotopic (exact) mass is 370 g/mol. The fourth-order valence-electron chi connectivity index (χ4n) is 2.01. The Bertz CT molecular complexity index is 974. The molecule has 1 aromatic carbocycles. The highest BCUT2D eigenvalue weighted by molar-refractivity contribution is 8.01. The Hall–Kier alpha value is -2.63. The second-order valence-corrected chi connectivity index (χ2v) is 8.21. The van der Waals surface area contributed by atoms with Crippen molar-refractivity contribution in [1.29, 1.82) is 5.26 Å². The summed E-state index contributed by atoms with van der Waals surface area (Å²) in [6.45, 7) is 3.24. The van der Waals surface area contributed by atoms with Gasteiger partial charge in [-0.3, -0.25) is 4.79 Å². The second-order valence-electron chi connectivity index (χ2n) is 5.73. The van der Waals surface area contributed by atoms with E-state index in [-0.39, 0.29) is 0 Å². The number of benzene rings is 1. The van der Waals surface area contributed by atoms with Gasteiger partial charge in [0.25, 0.3) is 0 Å². The Kier molecular flexibility index (Phi) is 4.61. The average molecular weight is 370 g/mol. The normalized spacial score (nSPS) is 11.2. The van der Waals surface area contributed by atoms with Crippen LogP contribution >= 0.6 is 23.1 Å². The van der Waals surface area contributed by atoms with Crippen LogP contribution in [0.1, 0.15) is 19.4 Å². The number of carboxylic acid groups (broad SMARTS) is 1. The van der Waals surface area contributed by atoms with Gasteiger partial charge in [-0.1, -0.05) is 11.8 Å². The number of fused-ring (bicyclic) bond motifs is 1. The summed E-state index contributed by atoms with van der Waals surface area (Å²) in [4.78, 5) is 21.1. The van der Waals surface area contributed by atoms with Crippen molar-refractivity contribution < 1.29 is 9.90 Å². The van der Waals surface area contributed by atoms with Crippen LogP contribution in [0.4, 0.5) is 11.5 Å². The molecule has 0 unspecified atom stereocenters. The Morgan fingerprint density at radius 2 is 2.00 bits per heavy atom. The second kappa shape index (κ2) is 6.70. The molecule has 0 radical (unpaired) electrons. The van der Waals surface area contributed by atoms with Crippen LogP contribution < -0.4 is 5.32 Å². The van der Waals surface area contributed by atoms with Crippen molar-refractivity contribution in [2.24, 2.45) is 0 Å². The maximum atomic E-state index is 11.4. The number of carboxylic acids is 1. The Morgan fingerprint density at radius 3 is 2.64 bits per heavy atom. The third-order valence-corrected chi connectivity index (χ3v) is 5.30. The molecule has 0 atom stereocenters. The van der Waals surface area contributed by atoms with Gasteiger partial charge in [0.2, 0.25) is 0 Å². The summed E-state index contributed by atoms with van der Waals surface area (Å²) < 4.78 is -1.03. The smallest absolute Gasteiger partial charge is 0.319 e. The van der Waals surface area contributed by atoms with Crippen molar-refractivity contribution in [3.05, 3.63) is 41.3 Å². The molecule has 0 saturated heterocycles. The van der Waals surface area contributed by atoms with Gasteiger partial charge in [-0.2, -0.15) is 5.26 Å². The number of thioether (sulfide) groups is 1. The van der Waals surface area contributed by atoms with Crippen LogP contribution in [0.2, 0.25) is 0 Å². The zero-order chi connectivity index (χ0) is 18.0. The molecule has 0 aliphatic carbocycles. The summed E-state index contributed by atoms with van der Waals surface area (Å²) in [6.07, 6.45) is 0. The first-order valence-corrected chi connectivity index (χ1v) is 9.03. The van der Waals surface area contributed by atoms with Crippen molar-refractivity contribution in [3.8, 4) is 6.07 Å². The van der Waals surface area contributed by atoms with E-state index in [1.807, 2.05) is 11.4 Å². The highest BCUT2D eigenvalue weighted by atomic mass is 32.2. The van der Waals surface area contributed by atoms with Crippen molar-refractivity contribution in [1.82, 2.24) is 9.97 Å². The molecule has 2 N–H and O–H groups in total. The molecule has 3 aromatic rings. The van der Waals surface area contributed by atoms with E-state index in [9.17, 15) is 9.90 Å². The summed E-state index contributed by atoms with van der Waals surface area (Å²) in [7, 11) is 0. The fraction of sp³-hybridized carbons (Fsp3) is 0.176. The standard InChI is InChI=1S/C17H14N4O2S2/c1-17(2,15(22)23)25-16-20-13(12-7-8-24-14(12)21-16)19-11-5-3-10(9-18)4-6-11/h3-8H,1-2H3,(H,22,23)(H,19,20,21). The maximum Gasteiger partial charge on any atom is 0.319 e. The summed E-state index contributed by atoms with van der Waals surface area (Å²) in [5.41, 5.74) is 1.37. The SMILES string of the molecule is CC(C)(Sc1nc(Nc2ccc(C#N)cc2)c2ccsc2n1)C(=O)O. The van der Waals surface area contributed by atoms with E-state index in [2.05, 4.69) is 21.4 Å². The fourth-order valence-corrected chi connectivity index (χ4v) is 3.65. The third-order valence-electron chi connectivity index (χ3n) is 3.44. The van der Waals surface area contributed by atoms with Crippen LogP contribution in [0.3, 0.4) is 0 Å². The molecule has 25 heavy (non-hydrogen) atoms. The Morgan fingerprint density at radius 1 is 1.28 bits per heavy atom. The molecule has 3 rings (SSSR count). The number of aromatic nitrogens is 2. The summed E-state index contributed by atoms with van der Waals surface area (Å²) in [6, 6.07) is 11.0. The molecule has 8 heteroatoms. The first-order valence-electron chi connectivity index (χ1n) is 7.34. The largest absolute Gasteiger partial charge is 0.480 e. The van der Waals surface area contributed by atoms with E-state index in [0.717, 1.165) is 27.7 Å². The van der Waals surface area contributed by atoms with Crippen LogP contribution in [0.5, 0.6) is 0 Å². The van der Waals surface area contributed by atoms with Crippen LogP contribution in [-0.4, -0.2) is 25.8 Å². The number of aliphatic carboxylic acids is 1. The Balaban J connectivity index is 1.97. The predicted molar refractivity (Wildman–Crippen MR) is 99.4 cm³/mol. The van der Waals surface area contributed by atoms with Gasteiger partial charge in [-0.15, -0.1) is 11.3 Å². The molecule has 2 aromatic heterocycles. The van der Waals surface area contributed by atoms with Crippen LogP contribution in [-0.2, 0) is 4.79 Å². The number of anilines is 2. The number of rotatable bonds is 5. The minimum Gasteiger partial charge on any atom is -0.480 e. The molecule has 126 valence electrons. The van der Waals surface area contributed by atoms with Crippen molar-refractivity contribution >= 4 is 50.8 Å². The lowest BCUT2D eigenvalue weighted by Crippen LogP contribution is -2.27. The van der Waals surface area contributed by atoms with Gasteiger partial charge in [-0.25, -0.2) is 9.97 Å². The van der Waals surface area contributed by atoms with E-state index in [0.29, 0.717) is 16.5 Å². The molecule has 6 nitrogen and oxygen atoms in total. The lowest BCUT2D eigenvalue weighted by atomic mass is 10.2. The van der Waals surface area contributed by atoms with E-state index in [1.165, 1.54) is 11.3 Å². The van der Waals surface area contributed by atoms with Crippen molar-refractivity contribution in [3.63, 3.8) is 0 Å². The lowest BCUT2D eigenvalue weighted by molar-refractivity contribution is -0.138. The zero-order valence-electron chi connectivity index (χ0n) is 13.5. The highest BCUT2D eigenvalue weighted by Gasteiger charge is 2.30. The Labute approximate surface area is 152 Å². The zero-order valence-corrected chi connectivity index (χ0v) is 15.1. The number of nitrogens with one attached hydrogen (secondary N) is 1. The molecule has 0 fully saturated rings. The number of carbonyl (C=O) groups is 1. The minimum atomic E-state index is -1.03. The molecule has 0 saturated carbocycles. The lowest BCUT2D eigenvalue weighted by Gasteiger charge is -2.17. The van der Waals surface area contributed by atoms with Crippen molar-refractivity contribution in [2.45, 2.75) is 23.8 Å². The summed E-state index contributed by atoms with van der Waals surface area (Å²) >= 11 is 2.58. The van der Waals surface area contributed by atoms with Gasteiger partial charge >= 0.3 is 5.97 Å². The number of nitriles is 1. The number of thiophene rings is 1. The van der Waals surface area contributed by atoms with Gasteiger partial charge in [0.05, 0.1) is 17.0 Å². The van der Waals surface area contributed by atoms with E-state index in [1.54, 1.807) is 38.1 Å². The number of hydrogen-bond acceptors (Lipinski definition) is 7.